The smallest absolute Gasteiger partial charge is 0.341 e. The number of nitrogens with zero attached hydrogens (tertiary/aromatic N) is 1. The minimum atomic E-state index is -0.484. The molecular weight excluding hydrogens is 238 g/mol. The van der Waals surface area contributed by atoms with Crippen LogP contribution in [0, 0.1) is 0 Å². The zero-order valence-electron chi connectivity index (χ0n) is 6.87. The molecule has 0 bridgehead atoms. The predicted octanol–water partition coefficient (Wildman–Crippen LogP) is 0.916. The molecule has 0 aliphatic heterocycles. The van der Waals surface area contributed by atoms with E-state index in [1.165, 1.54) is 13.3 Å². The van der Waals surface area contributed by atoms with Crippen LogP contribution in [0.3, 0.4) is 0 Å². The number of hydrazine groups is 1. The fourth-order valence-electron chi connectivity index (χ4n) is 0.820. The summed E-state index contributed by atoms with van der Waals surface area (Å²) in [6.07, 6.45) is 1.53. The number of methoxy groups -OCH3 is 1. The van der Waals surface area contributed by atoms with Crippen molar-refractivity contribution >= 4 is 27.7 Å². The van der Waals surface area contributed by atoms with Crippen LogP contribution in [0.25, 0.3) is 0 Å². The van der Waals surface area contributed by atoms with Crippen LogP contribution in [0.2, 0.25) is 0 Å². The number of esters is 1. The van der Waals surface area contributed by atoms with E-state index in [1.807, 2.05) is 0 Å². The second-order valence-corrected chi connectivity index (χ2v) is 3.10. The SMILES string of the molecule is COC(=O)c1cc(Br)cnc1NN. The van der Waals surface area contributed by atoms with Crippen molar-refractivity contribution in [2.75, 3.05) is 12.5 Å². The second kappa shape index (κ2) is 4.20. The van der Waals surface area contributed by atoms with Crippen LogP contribution >= 0.6 is 15.9 Å². The number of hydrogen-bond donors (Lipinski definition) is 2. The quantitative estimate of drug-likeness (QED) is 0.461. The van der Waals surface area contributed by atoms with Gasteiger partial charge in [-0.15, -0.1) is 0 Å². The van der Waals surface area contributed by atoms with Gasteiger partial charge in [0.05, 0.1) is 7.11 Å². The molecular formula is C7H8BrN3O2. The van der Waals surface area contributed by atoms with Gasteiger partial charge in [-0.05, 0) is 22.0 Å². The van der Waals surface area contributed by atoms with Crippen LogP contribution in [0.1, 0.15) is 10.4 Å². The van der Waals surface area contributed by atoms with Gasteiger partial charge in [-0.3, -0.25) is 0 Å². The average molecular weight is 246 g/mol. The van der Waals surface area contributed by atoms with E-state index in [0.29, 0.717) is 10.0 Å². The Balaban J connectivity index is 3.15. The molecule has 0 unspecified atom stereocenters. The number of anilines is 1. The van der Waals surface area contributed by atoms with Crippen molar-refractivity contribution in [3.63, 3.8) is 0 Å². The molecule has 0 atom stereocenters. The van der Waals surface area contributed by atoms with E-state index >= 15 is 0 Å². The van der Waals surface area contributed by atoms with E-state index < -0.39 is 5.97 Å². The maximum atomic E-state index is 11.2. The Morgan fingerprint density at radius 3 is 3.00 bits per heavy atom. The molecule has 0 aromatic carbocycles. The minimum Gasteiger partial charge on any atom is -0.465 e. The van der Waals surface area contributed by atoms with Gasteiger partial charge >= 0.3 is 5.97 Å². The third-order valence-corrected chi connectivity index (χ3v) is 1.83. The molecule has 70 valence electrons. The van der Waals surface area contributed by atoms with Crippen LogP contribution in [0.4, 0.5) is 5.82 Å². The molecule has 0 spiro atoms. The van der Waals surface area contributed by atoms with Crippen molar-refractivity contribution < 1.29 is 9.53 Å². The second-order valence-electron chi connectivity index (χ2n) is 2.19. The number of pyridine rings is 1. The summed E-state index contributed by atoms with van der Waals surface area (Å²) in [5.41, 5.74) is 2.60. The number of hydrogen-bond acceptors (Lipinski definition) is 5. The molecule has 0 aliphatic rings. The Kier molecular flexibility index (Phi) is 3.21. The number of nitrogens with one attached hydrogen (secondary N) is 1. The molecule has 1 aromatic heterocycles. The first-order chi connectivity index (χ1) is 6.19. The monoisotopic (exact) mass is 245 g/mol. The highest BCUT2D eigenvalue weighted by molar-refractivity contribution is 9.10. The third-order valence-electron chi connectivity index (χ3n) is 1.40. The normalized spacial score (nSPS) is 9.46. The maximum Gasteiger partial charge on any atom is 0.341 e. The van der Waals surface area contributed by atoms with Gasteiger partial charge in [-0.25, -0.2) is 15.6 Å². The van der Waals surface area contributed by atoms with Crippen molar-refractivity contribution in [3.8, 4) is 0 Å². The molecule has 1 rings (SSSR count). The van der Waals surface area contributed by atoms with Gasteiger partial charge in [0.2, 0.25) is 0 Å². The van der Waals surface area contributed by atoms with Crippen LogP contribution in [-0.4, -0.2) is 18.1 Å². The third kappa shape index (κ3) is 2.16. The van der Waals surface area contributed by atoms with Gasteiger partial charge in [0.15, 0.2) is 5.82 Å². The lowest BCUT2D eigenvalue weighted by Gasteiger charge is -2.05. The molecule has 0 saturated heterocycles. The predicted molar refractivity (Wildman–Crippen MR) is 51.1 cm³/mol. The molecule has 1 aromatic rings. The molecule has 0 radical (unpaired) electrons. The first-order valence-corrected chi connectivity index (χ1v) is 4.18. The van der Waals surface area contributed by atoms with Crippen molar-refractivity contribution in [1.82, 2.24) is 4.98 Å². The Morgan fingerprint density at radius 1 is 1.77 bits per heavy atom. The van der Waals surface area contributed by atoms with E-state index in [9.17, 15) is 4.79 Å². The summed E-state index contributed by atoms with van der Waals surface area (Å²) in [4.78, 5) is 15.0. The topological polar surface area (TPSA) is 77.2 Å². The van der Waals surface area contributed by atoms with Crippen LogP contribution < -0.4 is 11.3 Å². The standard InChI is InChI=1S/C7H8BrN3O2/c1-13-7(12)5-2-4(8)3-10-6(5)11-9/h2-3H,9H2,1H3,(H,10,11). The summed E-state index contributed by atoms with van der Waals surface area (Å²) < 4.78 is 5.23. The van der Waals surface area contributed by atoms with E-state index in [0.717, 1.165) is 0 Å². The Bertz CT molecular complexity index is 330. The highest BCUT2D eigenvalue weighted by Gasteiger charge is 2.12. The molecule has 3 N–H and O–H groups in total. The molecule has 5 nitrogen and oxygen atoms in total. The first kappa shape index (κ1) is 9.94. The summed E-state index contributed by atoms with van der Waals surface area (Å²) in [6, 6.07) is 1.58. The van der Waals surface area contributed by atoms with Gasteiger partial charge < -0.3 is 10.2 Å². The van der Waals surface area contributed by atoms with E-state index in [-0.39, 0.29) is 5.82 Å². The lowest BCUT2D eigenvalue weighted by atomic mass is 10.2. The molecule has 1 heterocycles. The lowest BCUT2D eigenvalue weighted by Crippen LogP contribution is -2.14. The number of carbonyl (C=O) groups is 1. The van der Waals surface area contributed by atoms with Gasteiger partial charge in [0, 0.05) is 10.7 Å². The molecule has 0 aliphatic carbocycles. The van der Waals surface area contributed by atoms with Crippen molar-refractivity contribution in [3.05, 3.63) is 22.3 Å². The maximum absolute atomic E-state index is 11.2. The number of aromatic nitrogens is 1. The van der Waals surface area contributed by atoms with Gasteiger partial charge in [-0.1, -0.05) is 0 Å². The van der Waals surface area contributed by atoms with Crippen molar-refractivity contribution in [2.45, 2.75) is 0 Å². The Hall–Kier alpha value is -1.14. The highest BCUT2D eigenvalue weighted by Crippen LogP contribution is 2.17. The number of rotatable bonds is 2. The summed E-state index contributed by atoms with van der Waals surface area (Å²) in [5, 5.41) is 0. The summed E-state index contributed by atoms with van der Waals surface area (Å²) in [5.74, 6) is 4.96. The number of ether oxygens (including phenoxy) is 1. The largest absolute Gasteiger partial charge is 0.465 e. The van der Waals surface area contributed by atoms with Gasteiger partial charge in [0.25, 0.3) is 0 Å². The van der Waals surface area contributed by atoms with E-state index in [2.05, 4.69) is 31.1 Å². The number of carbonyl (C=O) groups excluding carboxylic acids is 1. The van der Waals surface area contributed by atoms with Crippen molar-refractivity contribution in [1.29, 1.82) is 0 Å². The van der Waals surface area contributed by atoms with Gasteiger partial charge in [-0.2, -0.15) is 0 Å². The minimum absolute atomic E-state index is 0.287. The first-order valence-electron chi connectivity index (χ1n) is 3.39. The van der Waals surface area contributed by atoms with Crippen LogP contribution in [0.15, 0.2) is 16.7 Å². The molecule has 6 heteroatoms. The summed E-state index contributed by atoms with van der Waals surface area (Å²) in [7, 11) is 1.30. The van der Waals surface area contributed by atoms with E-state index in [4.69, 9.17) is 5.84 Å². The van der Waals surface area contributed by atoms with Crippen LogP contribution in [0.5, 0.6) is 0 Å². The van der Waals surface area contributed by atoms with E-state index in [1.54, 1.807) is 6.07 Å². The Labute approximate surface area is 83.4 Å². The Morgan fingerprint density at radius 2 is 2.46 bits per heavy atom. The number of halogens is 1. The zero-order valence-corrected chi connectivity index (χ0v) is 8.46. The molecule has 0 saturated carbocycles. The van der Waals surface area contributed by atoms with Crippen molar-refractivity contribution in [2.24, 2.45) is 5.84 Å². The molecule has 0 fully saturated rings. The molecule has 13 heavy (non-hydrogen) atoms. The average Bonchev–Trinajstić information content (AvgIpc) is 2.16. The number of nitrogen functional groups attached to an aromatic ring is 1. The zero-order chi connectivity index (χ0) is 9.84. The summed E-state index contributed by atoms with van der Waals surface area (Å²) in [6.45, 7) is 0. The van der Waals surface area contributed by atoms with Crippen LogP contribution in [-0.2, 0) is 4.74 Å². The van der Waals surface area contributed by atoms with Gasteiger partial charge in [0.1, 0.15) is 5.56 Å². The fourth-order valence-corrected chi connectivity index (χ4v) is 1.15. The fraction of sp³-hybridized carbons (Fsp3) is 0.143. The lowest BCUT2D eigenvalue weighted by molar-refractivity contribution is 0.0601. The number of nitrogens with two attached hydrogens (primary N) is 1. The molecule has 0 amide bonds. The highest BCUT2D eigenvalue weighted by atomic mass is 79.9. The summed E-state index contributed by atoms with van der Waals surface area (Å²) >= 11 is 3.18.